The molecule has 0 spiro atoms. The van der Waals surface area contributed by atoms with Crippen LogP contribution < -0.4 is 0 Å². The molecule has 1 aromatic rings. The third-order valence-corrected chi connectivity index (χ3v) is 7.11. The largest absolute Gasteiger partial charge is 0.378 e. The van der Waals surface area contributed by atoms with Crippen LogP contribution in [-0.2, 0) is 40.8 Å². The van der Waals surface area contributed by atoms with Gasteiger partial charge in [0.25, 0.3) is 0 Å². The maximum atomic E-state index is 12.9. The Bertz CT molecular complexity index is 748. The van der Waals surface area contributed by atoms with Gasteiger partial charge < -0.3 is 14.5 Å². The molecule has 4 rings (SSSR count). The van der Waals surface area contributed by atoms with Crippen molar-refractivity contribution in [2.45, 2.75) is 70.8 Å². The summed E-state index contributed by atoms with van der Waals surface area (Å²) < 4.78 is 7.29. The van der Waals surface area contributed by atoms with Crippen molar-refractivity contribution in [3.05, 3.63) is 17.0 Å². The molecule has 7 nitrogen and oxygen atoms in total. The Balaban J connectivity index is 1.32. The average molecular weight is 417 g/mol. The maximum absolute atomic E-state index is 12.9. The Kier molecular flexibility index (Phi) is 7.08. The highest BCUT2D eigenvalue weighted by molar-refractivity contribution is 5.77. The van der Waals surface area contributed by atoms with E-state index in [1.54, 1.807) is 0 Å². The number of aromatic nitrogens is 2. The van der Waals surface area contributed by atoms with Gasteiger partial charge in [0, 0.05) is 70.2 Å². The number of carbonyl (C=O) groups is 2. The lowest BCUT2D eigenvalue weighted by Crippen LogP contribution is -2.40. The Labute approximate surface area is 179 Å². The predicted molar refractivity (Wildman–Crippen MR) is 114 cm³/mol. The van der Waals surface area contributed by atoms with Gasteiger partial charge in [-0.05, 0) is 12.3 Å². The van der Waals surface area contributed by atoms with E-state index in [0.29, 0.717) is 52.1 Å². The maximum Gasteiger partial charge on any atom is 0.223 e. The summed E-state index contributed by atoms with van der Waals surface area (Å²) in [6.07, 6.45) is 10.3. The van der Waals surface area contributed by atoms with Crippen LogP contribution in [0.1, 0.15) is 68.3 Å². The third-order valence-electron chi connectivity index (χ3n) is 7.11. The van der Waals surface area contributed by atoms with E-state index in [9.17, 15) is 9.59 Å². The molecule has 0 radical (unpaired) electrons. The third kappa shape index (κ3) is 5.05. The van der Waals surface area contributed by atoms with Gasteiger partial charge in [-0.25, -0.2) is 0 Å². The minimum Gasteiger partial charge on any atom is -0.378 e. The van der Waals surface area contributed by atoms with E-state index < -0.39 is 0 Å². The number of hydrogen-bond acceptors (Lipinski definition) is 4. The Morgan fingerprint density at radius 2 is 1.73 bits per heavy atom. The second-order valence-electron chi connectivity index (χ2n) is 9.10. The van der Waals surface area contributed by atoms with Crippen LogP contribution in [0.15, 0.2) is 0 Å². The smallest absolute Gasteiger partial charge is 0.223 e. The number of amides is 2. The molecule has 0 bridgehead atoms. The number of morpholine rings is 1. The molecule has 2 amide bonds. The van der Waals surface area contributed by atoms with Crippen molar-refractivity contribution in [2.24, 2.45) is 13.0 Å². The van der Waals surface area contributed by atoms with E-state index in [4.69, 9.17) is 9.84 Å². The van der Waals surface area contributed by atoms with Gasteiger partial charge in [-0.15, -0.1) is 0 Å². The van der Waals surface area contributed by atoms with Crippen molar-refractivity contribution in [1.29, 1.82) is 0 Å². The van der Waals surface area contributed by atoms with Crippen LogP contribution in [0.2, 0.25) is 0 Å². The lowest BCUT2D eigenvalue weighted by atomic mass is 9.86. The topological polar surface area (TPSA) is 67.7 Å². The van der Waals surface area contributed by atoms with Crippen LogP contribution in [0.3, 0.4) is 0 Å². The molecule has 0 atom stereocenters. The van der Waals surface area contributed by atoms with Gasteiger partial charge in [-0.3, -0.25) is 14.3 Å². The lowest BCUT2D eigenvalue weighted by molar-refractivity contribution is -0.135. The van der Waals surface area contributed by atoms with Crippen LogP contribution in [0, 0.1) is 5.92 Å². The highest BCUT2D eigenvalue weighted by atomic mass is 16.5. The fourth-order valence-corrected chi connectivity index (χ4v) is 5.24. The first kappa shape index (κ1) is 21.3. The summed E-state index contributed by atoms with van der Waals surface area (Å²) in [5.74, 6) is 1.20. The summed E-state index contributed by atoms with van der Waals surface area (Å²) in [6.45, 7) is 4.05. The minimum atomic E-state index is 0.175. The van der Waals surface area contributed by atoms with E-state index in [2.05, 4.69) is 0 Å². The second kappa shape index (κ2) is 9.94. The van der Waals surface area contributed by atoms with Crippen molar-refractivity contribution in [2.75, 3.05) is 32.8 Å². The number of carbonyl (C=O) groups excluding carboxylic acids is 2. The van der Waals surface area contributed by atoms with Crippen LogP contribution in [0.25, 0.3) is 0 Å². The first-order valence-corrected chi connectivity index (χ1v) is 11.8. The molecule has 3 aliphatic rings. The molecule has 1 saturated carbocycles. The van der Waals surface area contributed by atoms with Crippen LogP contribution in [-0.4, -0.2) is 64.2 Å². The summed E-state index contributed by atoms with van der Waals surface area (Å²) in [7, 11) is 1.98. The van der Waals surface area contributed by atoms with Gasteiger partial charge in [-0.1, -0.05) is 32.1 Å². The molecule has 1 aromatic heterocycles. The van der Waals surface area contributed by atoms with E-state index >= 15 is 0 Å². The molecule has 0 aromatic carbocycles. The SMILES string of the molecule is Cn1nc(CCC(=O)N2CCOCC2)c2c1CCN(C(=O)CCC1CCCCC1)C2. The number of nitrogens with zero attached hydrogens (tertiary/aromatic N) is 4. The van der Waals surface area contributed by atoms with E-state index in [-0.39, 0.29) is 11.8 Å². The fourth-order valence-electron chi connectivity index (χ4n) is 5.24. The number of ether oxygens (including phenoxy) is 1. The second-order valence-corrected chi connectivity index (χ2v) is 9.10. The van der Waals surface area contributed by atoms with E-state index in [1.165, 1.54) is 43.4 Å². The number of rotatable bonds is 6. The van der Waals surface area contributed by atoms with E-state index in [0.717, 1.165) is 31.0 Å². The molecule has 166 valence electrons. The molecule has 2 aliphatic heterocycles. The highest BCUT2D eigenvalue weighted by Crippen LogP contribution is 2.29. The van der Waals surface area contributed by atoms with Gasteiger partial charge in [0.1, 0.15) is 0 Å². The molecule has 7 heteroatoms. The molecule has 0 unspecified atom stereocenters. The summed E-state index contributed by atoms with van der Waals surface area (Å²) in [4.78, 5) is 29.3. The summed E-state index contributed by atoms with van der Waals surface area (Å²) in [5.41, 5.74) is 3.38. The number of hydrogen-bond donors (Lipinski definition) is 0. The normalized spacial score (nSPS) is 20.3. The predicted octanol–water partition coefficient (Wildman–Crippen LogP) is 2.46. The zero-order valence-electron chi connectivity index (χ0n) is 18.4. The van der Waals surface area contributed by atoms with Crippen molar-refractivity contribution < 1.29 is 14.3 Å². The highest BCUT2D eigenvalue weighted by Gasteiger charge is 2.27. The summed E-state index contributed by atoms with van der Waals surface area (Å²) in [6, 6.07) is 0. The molecule has 1 aliphatic carbocycles. The number of aryl methyl sites for hydroxylation is 2. The van der Waals surface area contributed by atoms with Crippen LogP contribution in [0.5, 0.6) is 0 Å². The monoisotopic (exact) mass is 416 g/mol. The summed E-state index contributed by atoms with van der Waals surface area (Å²) >= 11 is 0. The molecular weight excluding hydrogens is 380 g/mol. The van der Waals surface area contributed by atoms with Gasteiger partial charge in [0.15, 0.2) is 0 Å². The molecule has 1 saturated heterocycles. The first-order chi connectivity index (χ1) is 14.6. The van der Waals surface area contributed by atoms with Crippen molar-refractivity contribution >= 4 is 11.8 Å². The molecule has 30 heavy (non-hydrogen) atoms. The van der Waals surface area contributed by atoms with Gasteiger partial charge in [-0.2, -0.15) is 5.10 Å². The van der Waals surface area contributed by atoms with Gasteiger partial charge >= 0.3 is 0 Å². The van der Waals surface area contributed by atoms with Crippen molar-refractivity contribution in [3.8, 4) is 0 Å². The fraction of sp³-hybridized carbons (Fsp3) is 0.783. The van der Waals surface area contributed by atoms with E-state index in [1.807, 2.05) is 21.5 Å². The Hall–Kier alpha value is -1.89. The molecule has 2 fully saturated rings. The Morgan fingerprint density at radius 3 is 2.50 bits per heavy atom. The molecule has 3 heterocycles. The Morgan fingerprint density at radius 1 is 1.00 bits per heavy atom. The summed E-state index contributed by atoms with van der Waals surface area (Å²) in [5, 5.41) is 4.71. The first-order valence-electron chi connectivity index (χ1n) is 11.8. The minimum absolute atomic E-state index is 0.175. The number of fused-ring (bicyclic) bond motifs is 1. The zero-order valence-corrected chi connectivity index (χ0v) is 18.4. The van der Waals surface area contributed by atoms with Gasteiger partial charge in [0.2, 0.25) is 11.8 Å². The van der Waals surface area contributed by atoms with Crippen molar-refractivity contribution in [1.82, 2.24) is 19.6 Å². The van der Waals surface area contributed by atoms with Crippen LogP contribution >= 0.6 is 0 Å². The molecule has 0 N–H and O–H groups in total. The van der Waals surface area contributed by atoms with Crippen LogP contribution in [0.4, 0.5) is 0 Å². The van der Waals surface area contributed by atoms with Crippen molar-refractivity contribution in [3.63, 3.8) is 0 Å². The zero-order chi connectivity index (χ0) is 20.9. The van der Waals surface area contributed by atoms with Gasteiger partial charge in [0.05, 0.1) is 18.9 Å². The molecular formula is C23H36N4O3. The standard InChI is InChI=1S/C23H36N4O3/c1-25-21-11-12-27(23(29)9-7-18-5-3-2-4-6-18)17-19(21)20(24-25)8-10-22(28)26-13-15-30-16-14-26/h18H,2-17H2,1H3. The lowest BCUT2D eigenvalue weighted by Gasteiger charge is -2.29. The quantitative estimate of drug-likeness (QED) is 0.714. The average Bonchev–Trinajstić information content (AvgIpc) is 3.12.